The number of carbonyl (C=O) groups excluding carboxylic acids is 1. The molecule has 0 heterocycles. The first kappa shape index (κ1) is 14.0. The molecule has 2 rings (SSSR count). The molecule has 94 valence electrons. The van der Waals surface area contributed by atoms with Crippen LogP contribution in [0.25, 0.3) is 0 Å². The average molecular weight is 255 g/mol. The summed E-state index contributed by atoms with van der Waals surface area (Å²) in [6, 6.07) is 8.06. The molecule has 0 radical (unpaired) electrons. The Morgan fingerprint density at radius 1 is 1.41 bits per heavy atom. The minimum absolute atomic E-state index is 0. The summed E-state index contributed by atoms with van der Waals surface area (Å²) < 4.78 is 0. The number of benzene rings is 1. The van der Waals surface area contributed by atoms with Gasteiger partial charge in [-0.05, 0) is 43.9 Å². The number of carbonyl (C=O) groups is 1. The highest BCUT2D eigenvalue weighted by Crippen LogP contribution is 2.25. The molecule has 1 aromatic carbocycles. The number of hydrogen-bond donors (Lipinski definition) is 2. The van der Waals surface area contributed by atoms with Crippen molar-refractivity contribution in [3.63, 3.8) is 0 Å². The second-order valence-corrected chi connectivity index (χ2v) is 4.63. The molecule has 17 heavy (non-hydrogen) atoms. The smallest absolute Gasteiger partial charge is 0.227 e. The van der Waals surface area contributed by atoms with Gasteiger partial charge in [-0.2, -0.15) is 0 Å². The molecular weight excluding hydrogens is 236 g/mol. The van der Waals surface area contributed by atoms with E-state index in [-0.39, 0.29) is 30.3 Å². The number of amides is 1. The van der Waals surface area contributed by atoms with E-state index in [1.165, 1.54) is 0 Å². The first-order valence-electron chi connectivity index (χ1n) is 5.78. The lowest BCUT2D eigenvalue weighted by molar-refractivity contribution is -0.119. The van der Waals surface area contributed by atoms with Crippen molar-refractivity contribution in [1.29, 1.82) is 0 Å². The Balaban J connectivity index is 0.00000144. The van der Waals surface area contributed by atoms with Gasteiger partial charge in [0.25, 0.3) is 0 Å². The van der Waals surface area contributed by atoms with Crippen LogP contribution in [-0.4, -0.2) is 11.9 Å². The average Bonchev–Trinajstić information content (AvgIpc) is 2.65. The van der Waals surface area contributed by atoms with Gasteiger partial charge >= 0.3 is 0 Å². The lowest BCUT2D eigenvalue weighted by atomic mass is 10.1. The van der Waals surface area contributed by atoms with Crippen LogP contribution in [-0.2, 0) is 4.79 Å². The molecular formula is C13H19ClN2O. The van der Waals surface area contributed by atoms with Crippen LogP contribution in [0.5, 0.6) is 0 Å². The maximum absolute atomic E-state index is 11.9. The van der Waals surface area contributed by atoms with E-state index in [0.717, 1.165) is 30.5 Å². The maximum Gasteiger partial charge on any atom is 0.227 e. The van der Waals surface area contributed by atoms with Crippen LogP contribution in [0.3, 0.4) is 0 Å². The zero-order valence-corrected chi connectivity index (χ0v) is 10.8. The van der Waals surface area contributed by atoms with E-state index in [9.17, 15) is 4.79 Å². The van der Waals surface area contributed by atoms with Gasteiger partial charge in [0, 0.05) is 17.6 Å². The molecule has 1 aliphatic carbocycles. The van der Waals surface area contributed by atoms with Crippen molar-refractivity contribution >= 4 is 24.0 Å². The van der Waals surface area contributed by atoms with Crippen molar-refractivity contribution in [2.75, 3.05) is 5.32 Å². The minimum atomic E-state index is 0. The first-order chi connectivity index (χ1) is 7.65. The molecule has 3 nitrogen and oxygen atoms in total. The molecule has 1 saturated carbocycles. The van der Waals surface area contributed by atoms with Crippen LogP contribution in [0.15, 0.2) is 24.3 Å². The van der Waals surface area contributed by atoms with Crippen LogP contribution in [0, 0.1) is 12.8 Å². The van der Waals surface area contributed by atoms with Gasteiger partial charge in [-0.25, -0.2) is 0 Å². The number of nitrogens with two attached hydrogens (primary N) is 1. The van der Waals surface area contributed by atoms with Crippen molar-refractivity contribution in [2.24, 2.45) is 11.7 Å². The van der Waals surface area contributed by atoms with Gasteiger partial charge in [0.2, 0.25) is 5.91 Å². The highest BCUT2D eigenvalue weighted by molar-refractivity contribution is 5.92. The lowest BCUT2D eigenvalue weighted by Crippen LogP contribution is -2.23. The number of anilines is 1. The fourth-order valence-electron chi connectivity index (χ4n) is 2.22. The zero-order valence-electron chi connectivity index (χ0n) is 9.98. The van der Waals surface area contributed by atoms with Crippen LogP contribution >= 0.6 is 12.4 Å². The number of hydrogen-bond acceptors (Lipinski definition) is 2. The van der Waals surface area contributed by atoms with E-state index in [0.29, 0.717) is 0 Å². The molecule has 3 N–H and O–H groups in total. The summed E-state index contributed by atoms with van der Waals surface area (Å²) in [5.74, 6) is 0.203. The molecule has 0 spiro atoms. The summed E-state index contributed by atoms with van der Waals surface area (Å²) in [5, 5.41) is 2.95. The number of halogens is 1. The van der Waals surface area contributed by atoms with Gasteiger partial charge in [-0.15, -0.1) is 12.4 Å². The Hall–Kier alpha value is -1.06. The summed E-state index contributed by atoms with van der Waals surface area (Å²) in [6.07, 6.45) is 2.70. The van der Waals surface area contributed by atoms with E-state index in [1.54, 1.807) is 0 Å². The molecule has 0 saturated heterocycles. The van der Waals surface area contributed by atoms with Crippen LogP contribution in [0.4, 0.5) is 5.69 Å². The van der Waals surface area contributed by atoms with Gasteiger partial charge in [-0.3, -0.25) is 4.79 Å². The third-order valence-electron chi connectivity index (χ3n) is 3.13. The fraction of sp³-hybridized carbons (Fsp3) is 0.462. The Labute approximate surface area is 108 Å². The highest BCUT2D eigenvalue weighted by Gasteiger charge is 2.27. The quantitative estimate of drug-likeness (QED) is 0.852. The van der Waals surface area contributed by atoms with Gasteiger partial charge in [-0.1, -0.05) is 12.1 Å². The molecule has 2 atom stereocenters. The standard InChI is InChI=1S/C13H18N2O.ClH/c1-9-3-2-4-12(7-9)15-13(16)10-5-6-11(14)8-10;/h2-4,7,10-11H,5-6,8,14H2,1H3,(H,15,16);1H. The Morgan fingerprint density at radius 3 is 2.76 bits per heavy atom. The van der Waals surface area contributed by atoms with E-state index in [4.69, 9.17) is 5.73 Å². The van der Waals surface area contributed by atoms with E-state index < -0.39 is 0 Å². The summed E-state index contributed by atoms with van der Waals surface area (Å²) in [5.41, 5.74) is 7.83. The topological polar surface area (TPSA) is 55.1 Å². The fourth-order valence-corrected chi connectivity index (χ4v) is 2.22. The monoisotopic (exact) mass is 254 g/mol. The number of rotatable bonds is 2. The van der Waals surface area contributed by atoms with Gasteiger partial charge in [0.05, 0.1) is 0 Å². The van der Waals surface area contributed by atoms with Gasteiger partial charge in [0.15, 0.2) is 0 Å². The summed E-state index contributed by atoms with van der Waals surface area (Å²) in [4.78, 5) is 11.9. The summed E-state index contributed by atoms with van der Waals surface area (Å²) >= 11 is 0. The maximum atomic E-state index is 11.9. The normalized spacial score (nSPS) is 22.9. The van der Waals surface area contributed by atoms with Crippen LogP contribution in [0.1, 0.15) is 24.8 Å². The van der Waals surface area contributed by atoms with Gasteiger partial charge < -0.3 is 11.1 Å². The molecule has 0 bridgehead atoms. The van der Waals surface area contributed by atoms with E-state index in [2.05, 4.69) is 5.32 Å². The second kappa shape index (κ2) is 6.03. The third kappa shape index (κ3) is 3.72. The van der Waals surface area contributed by atoms with Crippen molar-refractivity contribution in [3.05, 3.63) is 29.8 Å². The molecule has 1 amide bonds. The van der Waals surface area contributed by atoms with Crippen LogP contribution in [0.2, 0.25) is 0 Å². The predicted molar refractivity (Wildman–Crippen MR) is 72.4 cm³/mol. The van der Waals surface area contributed by atoms with E-state index >= 15 is 0 Å². The van der Waals surface area contributed by atoms with Crippen molar-refractivity contribution in [3.8, 4) is 0 Å². The Morgan fingerprint density at radius 2 is 2.18 bits per heavy atom. The number of aryl methyl sites for hydroxylation is 1. The second-order valence-electron chi connectivity index (χ2n) is 4.63. The minimum Gasteiger partial charge on any atom is -0.328 e. The zero-order chi connectivity index (χ0) is 11.5. The molecule has 1 aromatic rings. The highest BCUT2D eigenvalue weighted by atomic mass is 35.5. The van der Waals surface area contributed by atoms with E-state index in [1.807, 2.05) is 31.2 Å². The molecule has 1 aliphatic rings. The van der Waals surface area contributed by atoms with Crippen molar-refractivity contribution in [1.82, 2.24) is 0 Å². The molecule has 0 aliphatic heterocycles. The third-order valence-corrected chi connectivity index (χ3v) is 3.13. The SMILES string of the molecule is Cc1cccc(NC(=O)C2CCC(N)C2)c1.Cl. The molecule has 2 unspecified atom stereocenters. The Kier molecular flexibility index (Phi) is 4.97. The van der Waals surface area contributed by atoms with Crippen molar-refractivity contribution < 1.29 is 4.79 Å². The molecule has 4 heteroatoms. The predicted octanol–water partition coefficient (Wildman–Crippen LogP) is 2.48. The largest absolute Gasteiger partial charge is 0.328 e. The van der Waals surface area contributed by atoms with Crippen LogP contribution < -0.4 is 11.1 Å². The summed E-state index contributed by atoms with van der Waals surface area (Å²) in [7, 11) is 0. The van der Waals surface area contributed by atoms with Crippen molar-refractivity contribution in [2.45, 2.75) is 32.2 Å². The molecule has 0 aromatic heterocycles. The molecule has 1 fully saturated rings. The summed E-state index contributed by atoms with van der Waals surface area (Å²) in [6.45, 7) is 2.02. The number of nitrogens with one attached hydrogen (secondary N) is 1. The Bertz CT molecular complexity index is 395. The first-order valence-corrected chi connectivity index (χ1v) is 5.78. The lowest BCUT2D eigenvalue weighted by Gasteiger charge is -2.11. The van der Waals surface area contributed by atoms with Gasteiger partial charge in [0.1, 0.15) is 0 Å².